The molecule has 0 saturated carbocycles. The molecule has 0 saturated heterocycles. The topological polar surface area (TPSA) is 72.1 Å². The maximum Gasteiger partial charge on any atom is 0.191 e. The van der Waals surface area contributed by atoms with E-state index in [2.05, 4.69) is 25.8 Å². The maximum atomic E-state index is 13.0. The van der Waals surface area contributed by atoms with Crippen LogP contribution in [0.1, 0.15) is 11.4 Å². The molecule has 0 bridgehead atoms. The van der Waals surface area contributed by atoms with Gasteiger partial charge < -0.3 is 10.6 Å². The Bertz CT molecular complexity index is 870. The van der Waals surface area contributed by atoms with E-state index in [-0.39, 0.29) is 29.8 Å². The summed E-state index contributed by atoms with van der Waals surface area (Å²) >= 11 is 0. The van der Waals surface area contributed by atoms with Gasteiger partial charge in [0.15, 0.2) is 5.96 Å². The van der Waals surface area contributed by atoms with Crippen LogP contribution in [-0.2, 0) is 20.0 Å². The summed E-state index contributed by atoms with van der Waals surface area (Å²) in [5, 5.41) is 15.2. The summed E-state index contributed by atoms with van der Waals surface area (Å²) in [6.07, 6.45) is 4.39. The van der Waals surface area contributed by atoms with Crippen LogP contribution in [0.5, 0.6) is 0 Å². The van der Waals surface area contributed by atoms with Crippen molar-refractivity contribution in [3.05, 3.63) is 66.0 Å². The highest BCUT2D eigenvalue weighted by molar-refractivity contribution is 14.0. The molecular weight excluding hydrogens is 460 g/mol. The summed E-state index contributed by atoms with van der Waals surface area (Å²) in [7, 11) is 3.65. The fourth-order valence-corrected chi connectivity index (χ4v) is 2.51. The van der Waals surface area contributed by atoms with Gasteiger partial charge in [-0.15, -0.1) is 24.0 Å². The second-order valence-corrected chi connectivity index (χ2v) is 5.78. The molecule has 0 aliphatic heterocycles. The zero-order valence-corrected chi connectivity index (χ0v) is 17.6. The first-order valence-electron chi connectivity index (χ1n) is 8.37. The molecule has 0 aliphatic rings. The van der Waals surface area contributed by atoms with E-state index >= 15 is 0 Å². The Labute approximate surface area is 174 Å². The quantitative estimate of drug-likeness (QED) is 0.321. The van der Waals surface area contributed by atoms with Crippen LogP contribution in [0.2, 0.25) is 0 Å². The van der Waals surface area contributed by atoms with Gasteiger partial charge in [-0.05, 0) is 36.4 Å². The fraction of sp³-hybridized carbons (Fsp3) is 0.278. The Hall–Kier alpha value is -2.43. The summed E-state index contributed by atoms with van der Waals surface area (Å²) in [5.41, 5.74) is 2.86. The number of halogens is 2. The lowest BCUT2D eigenvalue weighted by atomic mass is 10.3. The zero-order chi connectivity index (χ0) is 18.4. The Kier molecular flexibility index (Phi) is 7.77. The molecule has 2 aromatic heterocycles. The molecule has 3 rings (SSSR count). The van der Waals surface area contributed by atoms with E-state index in [0.29, 0.717) is 13.1 Å². The van der Waals surface area contributed by atoms with E-state index in [9.17, 15) is 4.39 Å². The molecule has 3 aromatic rings. The Morgan fingerprint density at radius 2 is 1.93 bits per heavy atom. The van der Waals surface area contributed by atoms with Crippen molar-refractivity contribution in [1.82, 2.24) is 30.2 Å². The number of aryl methyl sites for hydroxylation is 1. The third-order valence-corrected chi connectivity index (χ3v) is 3.99. The van der Waals surface area contributed by atoms with Gasteiger partial charge in [-0.1, -0.05) is 0 Å². The van der Waals surface area contributed by atoms with Crippen molar-refractivity contribution in [3.8, 4) is 5.69 Å². The largest absolute Gasteiger partial charge is 0.356 e. The number of nitrogens with zero attached hydrogens (tertiary/aromatic N) is 5. The lowest BCUT2D eigenvalue weighted by molar-refractivity contribution is 0.627. The van der Waals surface area contributed by atoms with Gasteiger partial charge in [0.2, 0.25) is 0 Å². The molecule has 0 radical (unpaired) electrons. The molecule has 0 spiro atoms. The summed E-state index contributed by atoms with van der Waals surface area (Å²) in [6.45, 7) is 1.35. The lowest BCUT2D eigenvalue weighted by Crippen LogP contribution is -2.38. The lowest BCUT2D eigenvalue weighted by Gasteiger charge is -2.11. The highest BCUT2D eigenvalue weighted by atomic mass is 127. The van der Waals surface area contributed by atoms with Gasteiger partial charge in [0.25, 0.3) is 0 Å². The summed E-state index contributed by atoms with van der Waals surface area (Å²) in [5.74, 6) is 0.472. The van der Waals surface area contributed by atoms with E-state index in [1.807, 2.05) is 30.1 Å². The molecule has 27 heavy (non-hydrogen) atoms. The highest BCUT2D eigenvalue weighted by Gasteiger charge is 2.04. The number of guanidine groups is 1. The predicted octanol–water partition coefficient (Wildman–Crippen LogP) is 2.27. The number of nitrogens with one attached hydrogen (secondary N) is 2. The minimum Gasteiger partial charge on any atom is -0.356 e. The van der Waals surface area contributed by atoms with Gasteiger partial charge in [0.1, 0.15) is 5.82 Å². The van der Waals surface area contributed by atoms with Crippen molar-refractivity contribution < 1.29 is 4.39 Å². The van der Waals surface area contributed by atoms with E-state index in [4.69, 9.17) is 0 Å². The Balaban J connectivity index is 0.00000261. The first kappa shape index (κ1) is 20.9. The van der Waals surface area contributed by atoms with Crippen molar-refractivity contribution in [3.63, 3.8) is 0 Å². The average Bonchev–Trinajstić information content (AvgIpc) is 3.28. The Morgan fingerprint density at radius 1 is 1.15 bits per heavy atom. The van der Waals surface area contributed by atoms with Gasteiger partial charge in [0.05, 0.1) is 23.6 Å². The summed E-state index contributed by atoms with van der Waals surface area (Å²) in [4.78, 5) is 4.21. The van der Waals surface area contributed by atoms with E-state index in [0.717, 1.165) is 29.5 Å². The smallest absolute Gasteiger partial charge is 0.191 e. The second kappa shape index (κ2) is 10.0. The average molecular weight is 483 g/mol. The SMILES string of the molecule is CN=C(NCCc1ccn(-c2ccc(F)cc2)n1)NCc1ccnn1C.I. The molecular formula is C18H23FIN7. The van der Waals surface area contributed by atoms with E-state index in [1.54, 1.807) is 30.1 Å². The van der Waals surface area contributed by atoms with Crippen molar-refractivity contribution in [2.24, 2.45) is 12.0 Å². The van der Waals surface area contributed by atoms with Crippen LogP contribution < -0.4 is 10.6 Å². The number of aliphatic imine (C=N–C) groups is 1. The van der Waals surface area contributed by atoms with E-state index in [1.165, 1.54) is 12.1 Å². The minimum absolute atomic E-state index is 0. The summed E-state index contributed by atoms with van der Waals surface area (Å²) in [6, 6.07) is 10.2. The van der Waals surface area contributed by atoms with Crippen LogP contribution in [0.4, 0.5) is 4.39 Å². The van der Waals surface area contributed by atoms with Crippen molar-refractivity contribution in [2.75, 3.05) is 13.6 Å². The molecule has 2 heterocycles. The van der Waals surface area contributed by atoms with Gasteiger partial charge in [0, 0.05) is 39.5 Å². The predicted molar refractivity (Wildman–Crippen MR) is 114 cm³/mol. The normalized spacial score (nSPS) is 11.1. The first-order chi connectivity index (χ1) is 12.7. The molecule has 1 aromatic carbocycles. The van der Waals surface area contributed by atoms with Gasteiger partial charge in [-0.3, -0.25) is 9.67 Å². The molecule has 2 N–H and O–H groups in total. The number of hydrogen-bond donors (Lipinski definition) is 2. The molecule has 0 atom stereocenters. The highest BCUT2D eigenvalue weighted by Crippen LogP contribution is 2.09. The second-order valence-electron chi connectivity index (χ2n) is 5.78. The number of benzene rings is 1. The van der Waals surface area contributed by atoms with Gasteiger partial charge >= 0.3 is 0 Å². The van der Waals surface area contributed by atoms with Crippen LogP contribution in [0, 0.1) is 5.82 Å². The van der Waals surface area contributed by atoms with Crippen LogP contribution >= 0.6 is 24.0 Å². The number of aromatic nitrogens is 4. The number of hydrogen-bond acceptors (Lipinski definition) is 3. The van der Waals surface area contributed by atoms with Gasteiger partial charge in [-0.2, -0.15) is 10.2 Å². The first-order valence-corrected chi connectivity index (χ1v) is 8.37. The van der Waals surface area contributed by atoms with Crippen LogP contribution in [-0.4, -0.2) is 39.1 Å². The minimum atomic E-state index is -0.254. The Morgan fingerprint density at radius 3 is 2.59 bits per heavy atom. The fourth-order valence-electron chi connectivity index (χ4n) is 2.51. The van der Waals surface area contributed by atoms with E-state index < -0.39 is 0 Å². The molecule has 144 valence electrons. The monoisotopic (exact) mass is 483 g/mol. The third-order valence-electron chi connectivity index (χ3n) is 3.99. The summed E-state index contributed by atoms with van der Waals surface area (Å²) < 4.78 is 16.6. The third kappa shape index (κ3) is 5.78. The maximum absolute atomic E-state index is 13.0. The molecule has 0 fully saturated rings. The van der Waals surface area contributed by atoms with Crippen molar-refractivity contribution in [1.29, 1.82) is 0 Å². The van der Waals surface area contributed by atoms with Crippen LogP contribution in [0.25, 0.3) is 5.69 Å². The molecule has 0 amide bonds. The van der Waals surface area contributed by atoms with Gasteiger partial charge in [-0.25, -0.2) is 9.07 Å². The molecule has 9 heteroatoms. The molecule has 0 aliphatic carbocycles. The van der Waals surface area contributed by atoms with Crippen molar-refractivity contribution >= 4 is 29.9 Å². The standard InChI is InChI=1S/C18H22FN7.HI/c1-20-18(22-13-17-8-11-23-25(17)2)21-10-7-15-9-12-26(24-15)16-5-3-14(19)4-6-16;/h3-6,8-9,11-12H,7,10,13H2,1-2H3,(H2,20,21,22);1H. The van der Waals surface area contributed by atoms with Crippen LogP contribution in [0.15, 0.2) is 53.8 Å². The molecule has 7 nitrogen and oxygen atoms in total. The zero-order valence-electron chi connectivity index (χ0n) is 15.3. The molecule has 0 unspecified atom stereocenters. The number of rotatable bonds is 6. The van der Waals surface area contributed by atoms with Crippen molar-refractivity contribution in [2.45, 2.75) is 13.0 Å². The van der Waals surface area contributed by atoms with Crippen LogP contribution in [0.3, 0.4) is 0 Å².